The highest BCUT2D eigenvalue weighted by molar-refractivity contribution is 8.00. The fourth-order valence-corrected chi connectivity index (χ4v) is 3.59. The van der Waals surface area contributed by atoms with Gasteiger partial charge in [-0.05, 0) is 18.6 Å². The van der Waals surface area contributed by atoms with Crippen molar-refractivity contribution in [3.05, 3.63) is 0 Å². The first-order valence-corrected chi connectivity index (χ1v) is 8.29. The van der Waals surface area contributed by atoms with Crippen molar-refractivity contribution in [1.29, 1.82) is 0 Å². The Morgan fingerprint density at radius 1 is 1.37 bits per heavy atom. The molecule has 1 unspecified atom stereocenters. The second kappa shape index (κ2) is 8.66. The van der Waals surface area contributed by atoms with Crippen molar-refractivity contribution >= 4 is 17.7 Å². The average molecular weight is 286 g/mol. The number of nitrogens with one attached hydrogen (secondary N) is 2. The lowest BCUT2D eigenvalue weighted by molar-refractivity contribution is 0.0389. The Bertz CT molecular complexity index is 276. The van der Waals surface area contributed by atoms with Gasteiger partial charge in [0.25, 0.3) is 0 Å². The van der Waals surface area contributed by atoms with Gasteiger partial charge in [0.1, 0.15) is 0 Å². The Morgan fingerprint density at radius 3 is 2.89 bits per heavy atom. The van der Waals surface area contributed by atoms with Crippen molar-refractivity contribution in [3.63, 3.8) is 0 Å². The molecule has 2 rings (SSSR count). The number of ether oxygens (including phenoxy) is 1. The van der Waals surface area contributed by atoms with Gasteiger partial charge in [0.15, 0.2) is 5.96 Å². The van der Waals surface area contributed by atoms with Gasteiger partial charge in [0.2, 0.25) is 0 Å². The SMILES string of the molecule is CN=C(NCCN1CCOCC1)NCC1CCCS1. The molecule has 2 heterocycles. The van der Waals surface area contributed by atoms with E-state index in [1.165, 1.54) is 18.6 Å². The molecule has 19 heavy (non-hydrogen) atoms. The largest absolute Gasteiger partial charge is 0.379 e. The molecule has 0 spiro atoms. The lowest BCUT2D eigenvalue weighted by Crippen LogP contribution is -2.45. The number of morpholine rings is 1. The smallest absolute Gasteiger partial charge is 0.191 e. The maximum atomic E-state index is 5.34. The molecule has 6 heteroatoms. The summed E-state index contributed by atoms with van der Waals surface area (Å²) in [6.07, 6.45) is 2.70. The normalized spacial score (nSPS) is 25.5. The summed E-state index contributed by atoms with van der Waals surface area (Å²) in [6, 6.07) is 0. The van der Waals surface area contributed by atoms with Crippen LogP contribution in [-0.4, -0.2) is 74.8 Å². The van der Waals surface area contributed by atoms with Crippen LogP contribution in [0, 0.1) is 0 Å². The number of thioether (sulfide) groups is 1. The van der Waals surface area contributed by atoms with E-state index in [2.05, 4.69) is 32.3 Å². The van der Waals surface area contributed by atoms with Gasteiger partial charge in [-0.1, -0.05) is 0 Å². The molecule has 2 fully saturated rings. The van der Waals surface area contributed by atoms with Crippen molar-refractivity contribution < 1.29 is 4.74 Å². The minimum Gasteiger partial charge on any atom is -0.379 e. The topological polar surface area (TPSA) is 48.9 Å². The van der Waals surface area contributed by atoms with Crippen LogP contribution in [-0.2, 0) is 4.74 Å². The number of aliphatic imine (C=N–C) groups is 1. The molecule has 0 amide bonds. The first-order valence-electron chi connectivity index (χ1n) is 7.24. The van der Waals surface area contributed by atoms with E-state index in [-0.39, 0.29) is 0 Å². The molecule has 0 aliphatic carbocycles. The highest BCUT2D eigenvalue weighted by atomic mass is 32.2. The number of hydrogen-bond acceptors (Lipinski definition) is 4. The van der Waals surface area contributed by atoms with Crippen LogP contribution in [0.3, 0.4) is 0 Å². The van der Waals surface area contributed by atoms with Crippen LogP contribution in [0.2, 0.25) is 0 Å². The summed E-state index contributed by atoms with van der Waals surface area (Å²) in [4.78, 5) is 6.70. The van der Waals surface area contributed by atoms with Crippen molar-refractivity contribution in [2.24, 2.45) is 4.99 Å². The van der Waals surface area contributed by atoms with E-state index in [4.69, 9.17) is 4.74 Å². The molecule has 1 atom stereocenters. The first-order chi connectivity index (χ1) is 9.38. The zero-order valence-electron chi connectivity index (χ0n) is 11.9. The Kier molecular flexibility index (Phi) is 6.81. The highest BCUT2D eigenvalue weighted by Gasteiger charge is 2.15. The maximum Gasteiger partial charge on any atom is 0.191 e. The van der Waals surface area contributed by atoms with Crippen LogP contribution in [0.15, 0.2) is 4.99 Å². The molecule has 0 bridgehead atoms. The van der Waals surface area contributed by atoms with Crippen molar-refractivity contribution in [1.82, 2.24) is 15.5 Å². The van der Waals surface area contributed by atoms with E-state index in [1.54, 1.807) is 0 Å². The quantitative estimate of drug-likeness (QED) is 0.565. The van der Waals surface area contributed by atoms with Crippen molar-refractivity contribution in [3.8, 4) is 0 Å². The van der Waals surface area contributed by atoms with Gasteiger partial charge in [-0.3, -0.25) is 9.89 Å². The maximum absolute atomic E-state index is 5.34. The van der Waals surface area contributed by atoms with Crippen LogP contribution in [0.1, 0.15) is 12.8 Å². The lowest BCUT2D eigenvalue weighted by Gasteiger charge is -2.26. The van der Waals surface area contributed by atoms with Gasteiger partial charge in [0.05, 0.1) is 13.2 Å². The number of hydrogen-bond donors (Lipinski definition) is 2. The minimum absolute atomic E-state index is 0.762. The number of nitrogens with zero attached hydrogens (tertiary/aromatic N) is 2. The molecule has 110 valence electrons. The van der Waals surface area contributed by atoms with E-state index in [0.29, 0.717) is 0 Å². The zero-order chi connectivity index (χ0) is 13.3. The molecule has 2 saturated heterocycles. The molecule has 5 nitrogen and oxygen atoms in total. The van der Waals surface area contributed by atoms with Crippen LogP contribution >= 0.6 is 11.8 Å². The van der Waals surface area contributed by atoms with E-state index in [9.17, 15) is 0 Å². The fourth-order valence-electron chi connectivity index (χ4n) is 2.39. The summed E-state index contributed by atoms with van der Waals surface area (Å²) < 4.78 is 5.34. The third-order valence-electron chi connectivity index (χ3n) is 3.57. The van der Waals surface area contributed by atoms with Crippen molar-refractivity contribution in [2.75, 3.05) is 58.7 Å². The summed E-state index contributed by atoms with van der Waals surface area (Å²) in [5, 5.41) is 7.57. The van der Waals surface area contributed by atoms with Crippen LogP contribution < -0.4 is 10.6 Å². The molecular formula is C13H26N4OS. The van der Waals surface area contributed by atoms with Gasteiger partial charge in [-0.2, -0.15) is 11.8 Å². The molecular weight excluding hydrogens is 260 g/mol. The summed E-state index contributed by atoms with van der Waals surface area (Å²) in [5.74, 6) is 2.25. The van der Waals surface area contributed by atoms with Crippen molar-refractivity contribution in [2.45, 2.75) is 18.1 Å². The summed E-state index contributed by atoms with van der Waals surface area (Å²) in [6.45, 7) is 6.86. The first kappa shape index (κ1) is 14.9. The fraction of sp³-hybridized carbons (Fsp3) is 0.923. The molecule has 2 aliphatic heterocycles. The molecule has 0 saturated carbocycles. The Hall–Kier alpha value is -0.460. The number of guanidine groups is 1. The van der Waals surface area contributed by atoms with E-state index < -0.39 is 0 Å². The second-order valence-corrected chi connectivity index (χ2v) is 6.38. The zero-order valence-corrected chi connectivity index (χ0v) is 12.7. The standard InChI is InChI=1S/C13H26N4OS/c1-14-13(16-11-12-3-2-10-19-12)15-4-5-17-6-8-18-9-7-17/h12H,2-11H2,1H3,(H2,14,15,16). The lowest BCUT2D eigenvalue weighted by atomic mass is 10.2. The molecule has 0 aromatic carbocycles. The molecule has 0 aromatic rings. The predicted octanol–water partition coefficient (Wildman–Crippen LogP) is 0.379. The third-order valence-corrected chi connectivity index (χ3v) is 4.97. The molecule has 2 aliphatic rings. The molecule has 0 radical (unpaired) electrons. The Morgan fingerprint density at radius 2 is 2.21 bits per heavy atom. The number of rotatable bonds is 5. The van der Waals surface area contributed by atoms with Gasteiger partial charge in [-0.25, -0.2) is 0 Å². The Balaban J connectivity index is 1.56. The van der Waals surface area contributed by atoms with Crippen LogP contribution in [0.25, 0.3) is 0 Å². The van der Waals surface area contributed by atoms with Gasteiger partial charge < -0.3 is 15.4 Å². The highest BCUT2D eigenvalue weighted by Crippen LogP contribution is 2.25. The van der Waals surface area contributed by atoms with Gasteiger partial charge >= 0.3 is 0 Å². The van der Waals surface area contributed by atoms with Crippen LogP contribution in [0.4, 0.5) is 0 Å². The summed E-state index contributed by atoms with van der Waals surface area (Å²) in [7, 11) is 1.84. The van der Waals surface area contributed by atoms with E-state index in [1.807, 2.05) is 7.05 Å². The van der Waals surface area contributed by atoms with E-state index in [0.717, 1.165) is 57.1 Å². The third kappa shape index (κ3) is 5.58. The molecule has 2 N–H and O–H groups in total. The van der Waals surface area contributed by atoms with E-state index >= 15 is 0 Å². The molecule has 0 aromatic heterocycles. The van der Waals surface area contributed by atoms with Gasteiger partial charge in [0, 0.05) is 45.0 Å². The Labute approximate surface area is 120 Å². The van der Waals surface area contributed by atoms with Crippen LogP contribution in [0.5, 0.6) is 0 Å². The summed E-state index contributed by atoms with van der Waals surface area (Å²) in [5.41, 5.74) is 0. The monoisotopic (exact) mass is 286 g/mol. The summed E-state index contributed by atoms with van der Waals surface area (Å²) >= 11 is 2.07. The predicted molar refractivity (Wildman–Crippen MR) is 82.1 cm³/mol. The van der Waals surface area contributed by atoms with Gasteiger partial charge in [-0.15, -0.1) is 0 Å². The second-order valence-electron chi connectivity index (χ2n) is 4.97. The minimum atomic E-state index is 0.762. The average Bonchev–Trinajstić information content (AvgIpc) is 2.97.